The molecule has 0 aromatic carbocycles. The van der Waals surface area contributed by atoms with E-state index in [0.29, 0.717) is 31.8 Å². The Balaban J connectivity index is 2.03. The molecule has 0 aromatic rings. The Morgan fingerprint density at radius 1 is 1.35 bits per heavy atom. The van der Waals surface area contributed by atoms with Gasteiger partial charge in [0.15, 0.2) is 0 Å². The topological polar surface area (TPSA) is 69.6 Å². The first-order valence-electron chi connectivity index (χ1n) is 6.28. The molecular formula is C12H22N2O3. The predicted molar refractivity (Wildman–Crippen MR) is 64.8 cm³/mol. The number of carbonyl (C=O) groups is 2. The van der Waals surface area contributed by atoms with Gasteiger partial charge in [-0.05, 0) is 39.3 Å². The van der Waals surface area contributed by atoms with Gasteiger partial charge in [-0.1, -0.05) is 0 Å². The third-order valence-corrected chi connectivity index (χ3v) is 3.25. The minimum atomic E-state index is -0.794. The molecule has 1 heterocycles. The fraction of sp³-hybridized carbons (Fsp3) is 0.833. The van der Waals surface area contributed by atoms with E-state index in [-0.39, 0.29) is 12.3 Å². The largest absolute Gasteiger partial charge is 0.481 e. The number of aliphatic carboxylic acids is 1. The second-order valence-corrected chi connectivity index (χ2v) is 4.68. The van der Waals surface area contributed by atoms with Gasteiger partial charge in [0.1, 0.15) is 0 Å². The van der Waals surface area contributed by atoms with Crippen LogP contribution in [-0.2, 0) is 9.59 Å². The Hall–Kier alpha value is -1.10. The number of nitrogens with one attached hydrogen (secondary N) is 1. The summed E-state index contributed by atoms with van der Waals surface area (Å²) in [4.78, 5) is 24.0. The van der Waals surface area contributed by atoms with Crippen molar-refractivity contribution >= 4 is 11.9 Å². The molecule has 0 spiro atoms. The van der Waals surface area contributed by atoms with Gasteiger partial charge in [-0.2, -0.15) is 0 Å². The maximum Gasteiger partial charge on any atom is 0.303 e. The number of likely N-dealkylation sites (N-methyl/N-ethyl adjacent to an activating group) is 1. The molecule has 1 aliphatic rings. The van der Waals surface area contributed by atoms with Crippen molar-refractivity contribution in [2.45, 2.75) is 44.6 Å². The van der Waals surface area contributed by atoms with Gasteiger partial charge < -0.3 is 15.3 Å². The van der Waals surface area contributed by atoms with Crippen molar-refractivity contribution < 1.29 is 14.7 Å². The summed E-state index contributed by atoms with van der Waals surface area (Å²) in [5.41, 5.74) is 0. The first-order valence-corrected chi connectivity index (χ1v) is 6.28. The van der Waals surface area contributed by atoms with Gasteiger partial charge in [0.2, 0.25) is 5.91 Å². The van der Waals surface area contributed by atoms with Crippen molar-refractivity contribution in [2.75, 3.05) is 20.1 Å². The molecule has 1 aliphatic heterocycles. The molecule has 17 heavy (non-hydrogen) atoms. The summed E-state index contributed by atoms with van der Waals surface area (Å²) in [5, 5.41) is 11.4. The second-order valence-electron chi connectivity index (χ2n) is 4.68. The van der Waals surface area contributed by atoms with Crippen molar-refractivity contribution in [3.8, 4) is 0 Å². The van der Waals surface area contributed by atoms with E-state index in [1.165, 1.54) is 6.42 Å². The lowest BCUT2D eigenvalue weighted by atomic mass is 10.2. The number of carboxylic acid groups (broad SMARTS) is 1. The molecular weight excluding hydrogens is 220 g/mol. The molecule has 98 valence electrons. The van der Waals surface area contributed by atoms with Crippen molar-refractivity contribution in [3.63, 3.8) is 0 Å². The fourth-order valence-corrected chi connectivity index (χ4v) is 2.12. The van der Waals surface area contributed by atoms with Gasteiger partial charge in [-0.3, -0.25) is 9.59 Å². The number of carboxylic acids is 1. The second kappa shape index (κ2) is 7.27. The summed E-state index contributed by atoms with van der Waals surface area (Å²) in [7, 11) is 2.08. The highest BCUT2D eigenvalue weighted by atomic mass is 16.4. The van der Waals surface area contributed by atoms with E-state index >= 15 is 0 Å². The quantitative estimate of drug-likeness (QED) is 0.649. The number of likely N-dealkylation sites (tertiary alicyclic amines) is 1. The molecule has 5 heteroatoms. The summed E-state index contributed by atoms with van der Waals surface area (Å²) in [6.07, 6.45) is 4.17. The van der Waals surface area contributed by atoms with E-state index in [1.807, 2.05) is 0 Å². The average Bonchev–Trinajstić information content (AvgIpc) is 2.67. The first-order chi connectivity index (χ1) is 8.09. The van der Waals surface area contributed by atoms with Gasteiger partial charge in [-0.15, -0.1) is 0 Å². The van der Waals surface area contributed by atoms with E-state index in [9.17, 15) is 9.59 Å². The molecule has 1 unspecified atom stereocenters. The number of nitrogens with zero attached hydrogens (tertiary/aromatic N) is 1. The predicted octanol–water partition coefficient (Wildman–Crippen LogP) is 0.842. The number of carbonyl (C=O) groups excluding carboxylic acids is 1. The Bertz CT molecular complexity index is 268. The van der Waals surface area contributed by atoms with E-state index < -0.39 is 5.97 Å². The number of rotatable bonds is 7. The Labute approximate surface area is 102 Å². The van der Waals surface area contributed by atoms with Gasteiger partial charge >= 0.3 is 5.97 Å². The smallest absolute Gasteiger partial charge is 0.303 e. The first kappa shape index (κ1) is 14.0. The van der Waals surface area contributed by atoms with Gasteiger partial charge in [0.25, 0.3) is 0 Å². The van der Waals surface area contributed by atoms with E-state index in [2.05, 4.69) is 17.3 Å². The molecule has 1 amide bonds. The van der Waals surface area contributed by atoms with Gasteiger partial charge in [0, 0.05) is 25.4 Å². The summed E-state index contributed by atoms with van der Waals surface area (Å²) in [6, 6.07) is 0.470. The highest BCUT2D eigenvalue weighted by molar-refractivity contribution is 5.75. The highest BCUT2D eigenvalue weighted by Crippen LogP contribution is 2.13. The minimum absolute atomic E-state index is 0.0377. The maximum absolute atomic E-state index is 11.5. The van der Waals surface area contributed by atoms with Crippen LogP contribution in [0.2, 0.25) is 0 Å². The number of hydrogen-bond donors (Lipinski definition) is 2. The third-order valence-electron chi connectivity index (χ3n) is 3.25. The molecule has 1 saturated heterocycles. The zero-order valence-electron chi connectivity index (χ0n) is 10.4. The number of amides is 1. The average molecular weight is 242 g/mol. The molecule has 0 bridgehead atoms. The van der Waals surface area contributed by atoms with Crippen molar-refractivity contribution in [2.24, 2.45) is 0 Å². The Morgan fingerprint density at radius 2 is 2.06 bits per heavy atom. The lowest BCUT2D eigenvalue weighted by molar-refractivity contribution is -0.137. The molecule has 0 aromatic heterocycles. The summed E-state index contributed by atoms with van der Waals surface area (Å²) in [6.45, 7) is 1.83. The number of hydrogen-bond acceptors (Lipinski definition) is 3. The zero-order valence-corrected chi connectivity index (χ0v) is 10.4. The van der Waals surface area contributed by atoms with Gasteiger partial charge in [-0.25, -0.2) is 0 Å². The normalized spacial score (nSPS) is 20.4. The molecule has 0 aliphatic carbocycles. The molecule has 1 atom stereocenters. The van der Waals surface area contributed by atoms with Crippen LogP contribution in [0.15, 0.2) is 0 Å². The standard InChI is InChI=1S/C12H22N2O3/c1-14-8-4-5-10(14)9-13-11(15)6-2-3-7-12(16)17/h10H,2-9H2,1H3,(H,13,15)(H,16,17). The maximum atomic E-state index is 11.5. The van der Waals surface area contributed by atoms with Crippen LogP contribution < -0.4 is 5.32 Å². The van der Waals surface area contributed by atoms with Crippen LogP contribution in [-0.4, -0.2) is 48.1 Å². The summed E-state index contributed by atoms with van der Waals surface area (Å²) in [5.74, 6) is -0.756. The van der Waals surface area contributed by atoms with Gasteiger partial charge in [0.05, 0.1) is 0 Å². The van der Waals surface area contributed by atoms with Crippen LogP contribution in [0.25, 0.3) is 0 Å². The SMILES string of the molecule is CN1CCCC1CNC(=O)CCCCC(=O)O. The molecule has 5 nitrogen and oxygen atoms in total. The van der Waals surface area contributed by atoms with Crippen molar-refractivity contribution in [1.29, 1.82) is 0 Å². The third kappa shape index (κ3) is 5.68. The van der Waals surface area contributed by atoms with Crippen LogP contribution in [0, 0.1) is 0 Å². The highest BCUT2D eigenvalue weighted by Gasteiger charge is 2.20. The van der Waals surface area contributed by atoms with Crippen LogP contribution in [0.1, 0.15) is 38.5 Å². The van der Waals surface area contributed by atoms with E-state index in [1.54, 1.807) is 0 Å². The molecule has 1 rings (SSSR count). The minimum Gasteiger partial charge on any atom is -0.481 e. The van der Waals surface area contributed by atoms with Crippen LogP contribution in [0.4, 0.5) is 0 Å². The van der Waals surface area contributed by atoms with E-state index in [4.69, 9.17) is 5.11 Å². The van der Waals surface area contributed by atoms with Crippen LogP contribution in [0.3, 0.4) is 0 Å². The summed E-state index contributed by atoms with van der Waals surface area (Å²) >= 11 is 0. The Morgan fingerprint density at radius 3 is 2.65 bits per heavy atom. The fourth-order valence-electron chi connectivity index (χ4n) is 2.12. The molecule has 0 saturated carbocycles. The zero-order chi connectivity index (χ0) is 12.7. The van der Waals surface area contributed by atoms with E-state index in [0.717, 1.165) is 13.0 Å². The number of unbranched alkanes of at least 4 members (excludes halogenated alkanes) is 1. The lowest BCUT2D eigenvalue weighted by Crippen LogP contribution is -2.38. The van der Waals surface area contributed by atoms with Crippen molar-refractivity contribution in [1.82, 2.24) is 10.2 Å². The van der Waals surface area contributed by atoms with Crippen LogP contribution >= 0.6 is 0 Å². The Kier molecular flexibility index (Phi) is 5.97. The lowest BCUT2D eigenvalue weighted by Gasteiger charge is -2.19. The molecule has 2 N–H and O–H groups in total. The molecule has 1 fully saturated rings. The van der Waals surface area contributed by atoms with Crippen molar-refractivity contribution in [3.05, 3.63) is 0 Å². The summed E-state index contributed by atoms with van der Waals surface area (Å²) < 4.78 is 0. The monoisotopic (exact) mass is 242 g/mol. The van der Waals surface area contributed by atoms with Crippen LogP contribution in [0.5, 0.6) is 0 Å². The molecule has 0 radical (unpaired) electrons.